The van der Waals surface area contributed by atoms with Gasteiger partial charge in [0.05, 0.1) is 18.8 Å². The van der Waals surface area contributed by atoms with Crippen molar-refractivity contribution in [1.82, 2.24) is 4.98 Å². The van der Waals surface area contributed by atoms with Gasteiger partial charge in [-0.3, -0.25) is 4.79 Å². The Hall–Kier alpha value is -2.77. The van der Waals surface area contributed by atoms with Crippen LogP contribution in [0.3, 0.4) is 0 Å². The number of aromatic nitrogens is 1. The number of nitrogens with zero attached hydrogens (tertiary/aromatic N) is 1. The summed E-state index contributed by atoms with van der Waals surface area (Å²) in [6.07, 6.45) is -1.37. The zero-order valence-corrected chi connectivity index (χ0v) is 16.4. The maximum Gasteiger partial charge on any atom is 0.417 e. The first-order chi connectivity index (χ1) is 13.8. The van der Waals surface area contributed by atoms with Crippen molar-refractivity contribution < 1.29 is 32.2 Å². The molecule has 5 nitrogen and oxygen atoms in total. The Balaban J connectivity index is 2.19. The van der Waals surface area contributed by atoms with E-state index in [2.05, 4.69) is 4.98 Å². The molecule has 8 heteroatoms. The van der Waals surface area contributed by atoms with Crippen molar-refractivity contribution in [3.8, 4) is 17.4 Å². The average Bonchev–Trinajstić information content (AvgIpc) is 2.67. The summed E-state index contributed by atoms with van der Waals surface area (Å²) in [5.41, 5.74) is -0.161. The van der Waals surface area contributed by atoms with Crippen LogP contribution in [0.2, 0.25) is 0 Å². The highest BCUT2D eigenvalue weighted by atomic mass is 19.4. The molecule has 158 valence electrons. The number of rotatable bonds is 10. The third-order valence-electron chi connectivity index (χ3n) is 3.99. The molecule has 0 amide bonds. The molecule has 0 aliphatic rings. The zero-order valence-electron chi connectivity index (χ0n) is 16.4. The van der Waals surface area contributed by atoms with E-state index in [1.54, 1.807) is 25.1 Å². The highest BCUT2D eigenvalue weighted by Gasteiger charge is 2.30. The number of ether oxygens (including phenoxy) is 3. The molecule has 0 aliphatic heterocycles. The van der Waals surface area contributed by atoms with Crippen LogP contribution in [-0.2, 0) is 22.1 Å². The third kappa shape index (κ3) is 7.29. The lowest BCUT2D eigenvalue weighted by molar-refractivity contribution is -0.143. The number of hydrogen-bond acceptors (Lipinski definition) is 5. The Morgan fingerprint density at radius 1 is 1.14 bits per heavy atom. The van der Waals surface area contributed by atoms with E-state index in [-0.39, 0.29) is 18.3 Å². The molecule has 0 saturated heterocycles. The summed E-state index contributed by atoms with van der Waals surface area (Å²) in [4.78, 5) is 15.4. The lowest BCUT2D eigenvalue weighted by atomic mass is 10.1. The average molecular weight is 411 g/mol. The number of unbranched alkanes of at least 4 members (excludes halogenated alkanes) is 1. The van der Waals surface area contributed by atoms with Gasteiger partial charge < -0.3 is 14.2 Å². The van der Waals surface area contributed by atoms with Crippen LogP contribution in [0.5, 0.6) is 17.4 Å². The van der Waals surface area contributed by atoms with E-state index >= 15 is 0 Å². The molecule has 1 aromatic carbocycles. The van der Waals surface area contributed by atoms with Gasteiger partial charge in [-0.2, -0.15) is 13.2 Å². The van der Waals surface area contributed by atoms with E-state index in [9.17, 15) is 18.0 Å². The Bertz CT molecular complexity index is 792. The van der Waals surface area contributed by atoms with E-state index in [4.69, 9.17) is 14.2 Å². The number of hydrogen-bond donors (Lipinski definition) is 0. The zero-order chi connectivity index (χ0) is 21.3. The van der Waals surface area contributed by atoms with Gasteiger partial charge >= 0.3 is 12.1 Å². The van der Waals surface area contributed by atoms with Crippen LogP contribution in [0, 0.1) is 0 Å². The minimum Gasteiger partial charge on any atom is -0.493 e. The minimum absolute atomic E-state index is 0.0149. The molecule has 0 saturated carbocycles. The van der Waals surface area contributed by atoms with Crippen LogP contribution in [0.4, 0.5) is 13.2 Å². The molecule has 29 heavy (non-hydrogen) atoms. The van der Waals surface area contributed by atoms with Gasteiger partial charge in [-0.1, -0.05) is 19.4 Å². The quantitative estimate of drug-likeness (QED) is 0.378. The monoisotopic (exact) mass is 411 g/mol. The highest BCUT2D eigenvalue weighted by molar-refractivity contribution is 5.69. The number of benzene rings is 1. The number of pyridine rings is 1. The van der Waals surface area contributed by atoms with Crippen molar-refractivity contribution in [2.45, 2.75) is 45.7 Å². The Morgan fingerprint density at radius 3 is 2.55 bits per heavy atom. The predicted molar refractivity (Wildman–Crippen MR) is 101 cm³/mol. The molecule has 0 fully saturated rings. The number of carbonyl (C=O) groups is 1. The van der Waals surface area contributed by atoms with Crippen molar-refractivity contribution in [1.29, 1.82) is 0 Å². The van der Waals surface area contributed by atoms with Gasteiger partial charge in [0, 0.05) is 24.8 Å². The van der Waals surface area contributed by atoms with Crippen molar-refractivity contribution >= 4 is 5.97 Å². The normalized spacial score (nSPS) is 11.2. The van der Waals surface area contributed by atoms with E-state index in [0.29, 0.717) is 36.7 Å². The Morgan fingerprint density at radius 2 is 1.93 bits per heavy atom. The molecule has 1 heterocycles. The van der Waals surface area contributed by atoms with E-state index < -0.39 is 11.7 Å². The molecule has 2 rings (SSSR count). The van der Waals surface area contributed by atoms with Crippen LogP contribution >= 0.6 is 0 Å². The molecule has 0 aliphatic carbocycles. The lowest BCUT2D eigenvalue weighted by Gasteiger charge is -2.14. The van der Waals surface area contributed by atoms with Gasteiger partial charge in [-0.25, -0.2) is 4.98 Å². The van der Waals surface area contributed by atoms with Crippen molar-refractivity contribution in [2.75, 3.05) is 13.2 Å². The molecular weight excluding hydrogens is 387 g/mol. The topological polar surface area (TPSA) is 57.7 Å². The molecule has 0 spiro atoms. The first-order valence-electron chi connectivity index (χ1n) is 9.46. The molecular formula is C21H24F3NO4. The number of aryl methyl sites for hydroxylation is 1. The minimum atomic E-state index is -4.47. The fraction of sp³-hybridized carbons (Fsp3) is 0.429. The maximum absolute atomic E-state index is 12.7. The van der Waals surface area contributed by atoms with Crippen LogP contribution in [0.25, 0.3) is 0 Å². The third-order valence-corrected chi connectivity index (χ3v) is 3.99. The molecule has 2 aromatic rings. The van der Waals surface area contributed by atoms with E-state index in [1.165, 1.54) is 0 Å². The summed E-state index contributed by atoms with van der Waals surface area (Å²) in [5.74, 6) is 0.617. The molecule has 0 atom stereocenters. The van der Waals surface area contributed by atoms with E-state index in [0.717, 1.165) is 31.2 Å². The summed E-state index contributed by atoms with van der Waals surface area (Å²) in [5, 5.41) is 0. The summed E-state index contributed by atoms with van der Waals surface area (Å²) >= 11 is 0. The van der Waals surface area contributed by atoms with Crippen molar-refractivity contribution in [3.63, 3.8) is 0 Å². The largest absolute Gasteiger partial charge is 0.493 e. The smallest absolute Gasteiger partial charge is 0.417 e. The first kappa shape index (κ1) is 22.5. The van der Waals surface area contributed by atoms with Gasteiger partial charge in [-0.15, -0.1) is 0 Å². The van der Waals surface area contributed by atoms with Gasteiger partial charge in [0.2, 0.25) is 5.88 Å². The Labute approximate surface area is 167 Å². The number of esters is 1. The summed E-state index contributed by atoms with van der Waals surface area (Å²) in [7, 11) is 0. The number of halogens is 3. The summed E-state index contributed by atoms with van der Waals surface area (Å²) < 4.78 is 54.4. The fourth-order valence-electron chi connectivity index (χ4n) is 2.45. The molecule has 0 unspecified atom stereocenters. The summed E-state index contributed by atoms with van der Waals surface area (Å²) in [6.45, 7) is 4.61. The van der Waals surface area contributed by atoms with Crippen LogP contribution in [0.1, 0.15) is 44.2 Å². The van der Waals surface area contributed by atoms with Gasteiger partial charge in [0.25, 0.3) is 0 Å². The highest BCUT2D eigenvalue weighted by Crippen LogP contribution is 2.32. The SMILES string of the molecule is CCCCOc1ccc(CCC(=O)OCC)c(Oc2ccc(C(F)(F)F)cn2)c1. The molecule has 0 N–H and O–H groups in total. The van der Waals surface area contributed by atoms with Crippen LogP contribution < -0.4 is 9.47 Å². The van der Waals surface area contributed by atoms with Gasteiger partial charge in [-0.05, 0) is 37.5 Å². The lowest BCUT2D eigenvalue weighted by Crippen LogP contribution is -2.07. The number of alkyl halides is 3. The van der Waals surface area contributed by atoms with Crippen molar-refractivity contribution in [2.24, 2.45) is 0 Å². The Kier molecular flexibility index (Phi) is 8.30. The first-order valence-corrected chi connectivity index (χ1v) is 9.46. The molecule has 0 bridgehead atoms. The standard InChI is InChI=1S/C21H24F3NO4/c1-3-5-12-28-17-9-6-15(7-11-20(26)27-4-2)18(13-17)29-19-10-8-16(14-25-19)21(22,23)24/h6,8-10,13-14H,3-5,7,11-12H2,1-2H3. The second-order valence-corrected chi connectivity index (χ2v) is 6.26. The molecule has 0 radical (unpaired) electrons. The van der Waals surface area contributed by atoms with E-state index in [1.807, 2.05) is 6.92 Å². The maximum atomic E-state index is 12.7. The predicted octanol–water partition coefficient (Wildman–Crippen LogP) is 5.57. The van der Waals surface area contributed by atoms with Crippen molar-refractivity contribution in [3.05, 3.63) is 47.7 Å². The number of carbonyl (C=O) groups excluding carboxylic acids is 1. The van der Waals surface area contributed by atoms with Gasteiger partial charge in [0.15, 0.2) is 0 Å². The van der Waals surface area contributed by atoms with Crippen LogP contribution in [0.15, 0.2) is 36.5 Å². The fourth-order valence-corrected chi connectivity index (χ4v) is 2.45. The second kappa shape index (κ2) is 10.7. The second-order valence-electron chi connectivity index (χ2n) is 6.26. The van der Waals surface area contributed by atoms with Gasteiger partial charge in [0.1, 0.15) is 11.5 Å². The van der Waals surface area contributed by atoms with Crippen LogP contribution in [-0.4, -0.2) is 24.2 Å². The summed E-state index contributed by atoms with van der Waals surface area (Å²) in [6, 6.07) is 7.24. The molecule has 1 aromatic heterocycles.